The van der Waals surface area contributed by atoms with E-state index in [0.29, 0.717) is 0 Å². The number of rotatable bonds is 4. The van der Waals surface area contributed by atoms with Gasteiger partial charge in [0.05, 0.1) is 11.6 Å². The molecule has 1 atom stereocenters. The average molecular weight is 296 g/mol. The SMILES string of the molecule is CCNC(c1ccc(C)s1)c1cc(C)nc2ccccc12. The highest BCUT2D eigenvalue weighted by Crippen LogP contribution is 2.32. The molecule has 2 nitrogen and oxygen atoms in total. The molecule has 0 aliphatic carbocycles. The Morgan fingerprint density at radius 3 is 2.67 bits per heavy atom. The second-order valence-electron chi connectivity index (χ2n) is 5.31. The highest BCUT2D eigenvalue weighted by Gasteiger charge is 2.18. The minimum Gasteiger partial charge on any atom is -0.306 e. The molecule has 21 heavy (non-hydrogen) atoms. The van der Waals surface area contributed by atoms with E-state index in [2.05, 4.69) is 73.5 Å². The molecule has 3 aromatic rings. The van der Waals surface area contributed by atoms with Gasteiger partial charge in [0.2, 0.25) is 0 Å². The Morgan fingerprint density at radius 2 is 1.95 bits per heavy atom. The molecule has 0 bridgehead atoms. The number of pyridine rings is 1. The van der Waals surface area contributed by atoms with Crippen molar-refractivity contribution in [3.8, 4) is 0 Å². The van der Waals surface area contributed by atoms with Crippen LogP contribution in [0.5, 0.6) is 0 Å². The predicted molar refractivity (Wildman–Crippen MR) is 91.1 cm³/mol. The molecule has 0 amide bonds. The van der Waals surface area contributed by atoms with E-state index in [1.54, 1.807) is 0 Å². The second kappa shape index (κ2) is 5.96. The maximum Gasteiger partial charge on any atom is 0.0708 e. The highest BCUT2D eigenvalue weighted by atomic mass is 32.1. The molecule has 108 valence electrons. The summed E-state index contributed by atoms with van der Waals surface area (Å²) in [6, 6.07) is 15.3. The van der Waals surface area contributed by atoms with Crippen molar-refractivity contribution < 1.29 is 0 Å². The smallest absolute Gasteiger partial charge is 0.0708 e. The van der Waals surface area contributed by atoms with Crippen molar-refractivity contribution in [2.24, 2.45) is 0 Å². The normalized spacial score (nSPS) is 12.7. The molecule has 0 aliphatic rings. The lowest BCUT2D eigenvalue weighted by Crippen LogP contribution is -2.21. The van der Waals surface area contributed by atoms with E-state index < -0.39 is 0 Å². The molecule has 3 rings (SSSR count). The summed E-state index contributed by atoms with van der Waals surface area (Å²) in [6.45, 7) is 7.33. The van der Waals surface area contributed by atoms with Gasteiger partial charge in [0.15, 0.2) is 0 Å². The van der Waals surface area contributed by atoms with Gasteiger partial charge in [-0.1, -0.05) is 25.1 Å². The first-order valence-electron chi connectivity index (χ1n) is 7.35. The fraction of sp³-hybridized carbons (Fsp3) is 0.278. The van der Waals surface area contributed by atoms with E-state index in [-0.39, 0.29) is 6.04 Å². The van der Waals surface area contributed by atoms with Crippen molar-refractivity contribution >= 4 is 22.2 Å². The first-order chi connectivity index (χ1) is 10.2. The summed E-state index contributed by atoms with van der Waals surface area (Å²) < 4.78 is 0. The minimum atomic E-state index is 0.236. The van der Waals surface area contributed by atoms with Gasteiger partial charge in [0.1, 0.15) is 0 Å². The van der Waals surface area contributed by atoms with Crippen molar-refractivity contribution in [2.75, 3.05) is 6.54 Å². The largest absolute Gasteiger partial charge is 0.306 e. The summed E-state index contributed by atoms with van der Waals surface area (Å²) in [5, 5.41) is 4.87. The lowest BCUT2D eigenvalue weighted by atomic mass is 9.99. The number of nitrogens with zero attached hydrogens (tertiary/aromatic N) is 1. The molecule has 1 N–H and O–H groups in total. The Bertz CT molecular complexity index is 761. The topological polar surface area (TPSA) is 24.9 Å². The molecule has 0 fully saturated rings. The fourth-order valence-corrected chi connectivity index (χ4v) is 3.73. The Kier molecular flexibility index (Phi) is 4.04. The Hall–Kier alpha value is -1.71. The van der Waals surface area contributed by atoms with Crippen LogP contribution < -0.4 is 5.32 Å². The number of fused-ring (bicyclic) bond motifs is 1. The molecular weight excluding hydrogens is 276 g/mol. The van der Waals surface area contributed by atoms with Gasteiger partial charge in [-0.05, 0) is 50.2 Å². The summed E-state index contributed by atoms with van der Waals surface area (Å²) in [4.78, 5) is 7.37. The van der Waals surface area contributed by atoms with Crippen LogP contribution in [0.15, 0.2) is 42.5 Å². The van der Waals surface area contributed by atoms with Crippen LogP contribution >= 0.6 is 11.3 Å². The molecule has 1 unspecified atom stereocenters. The van der Waals surface area contributed by atoms with E-state index in [1.807, 2.05) is 11.3 Å². The van der Waals surface area contributed by atoms with Crippen molar-refractivity contribution in [3.05, 3.63) is 63.5 Å². The number of hydrogen-bond donors (Lipinski definition) is 1. The van der Waals surface area contributed by atoms with Gasteiger partial charge < -0.3 is 5.32 Å². The summed E-state index contributed by atoms with van der Waals surface area (Å²) in [5.74, 6) is 0. The molecule has 0 saturated carbocycles. The molecule has 0 saturated heterocycles. The third kappa shape index (κ3) is 2.85. The van der Waals surface area contributed by atoms with Crippen molar-refractivity contribution in [2.45, 2.75) is 26.8 Å². The van der Waals surface area contributed by atoms with Crippen molar-refractivity contribution in [1.82, 2.24) is 10.3 Å². The van der Waals surface area contributed by atoms with Crippen molar-refractivity contribution in [1.29, 1.82) is 0 Å². The third-order valence-corrected chi connectivity index (χ3v) is 4.71. The van der Waals surface area contributed by atoms with Gasteiger partial charge in [-0.25, -0.2) is 0 Å². The van der Waals surface area contributed by atoms with Gasteiger partial charge in [-0.2, -0.15) is 0 Å². The monoisotopic (exact) mass is 296 g/mol. The number of aryl methyl sites for hydroxylation is 2. The molecule has 1 aromatic carbocycles. The van der Waals surface area contributed by atoms with Crippen LogP contribution in [0.3, 0.4) is 0 Å². The highest BCUT2D eigenvalue weighted by molar-refractivity contribution is 7.12. The Labute approximate surface area is 129 Å². The van der Waals surface area contributed by atoms with Crippen LogP contribution in [0.25, 0.3) is 10.9 Å². The van der Waals surface area contributed by atoms with Gasteiger partial charge in [0.25, 0.3) is 0 Å². The summed E-state index contributed by atoms with van der Waals surface area (Å²) in [7, 11) is 0. The standard InChI is InChI=1S/C18H20N2S/c1-4-19-18(17-10-9-13(3)21-17)15-11-12(2)20-16-8-6-5-7-14(15)16/h5-11,18-19H,4H2,1-3H3. The number of thiophene rings is 1. The molecule has 3 heteroatoms. The molecular formula is C18H20N2S. The van der Waals surface area contributed by atoms with E-state index in [4.69, 9.17) is 0 Å². The van der Waals surface area contributed by atoms with E-state index in [1.165, 1.54) is 20.7 Å². The van der Waals surface area contributed by atoms with Crippen LogP contribution in [-0.4, -0.2) is 11.5 Å². The number of para-hydroxylation sites is 1. The molecule has 0 radical (unpaired) electrons. The summed E-state index contributed by atoms with van der Waals surface area (Å²) in [5.41, 5.74) is 3.46. The zero-order valence-electron chi connectivity index (χ0n) is 12.7. The van der Waals surface area contributed by atoms with Crippen LogP contribution in [0.4, 0.5) is 0 Å². The van der Waals surface area contributed by atoms with Gasteiger partial charge in [-0.3, -0.25) is 4.98 Å². The van der Waals surface area contributed by atoms with Gasteiger partial charge >= 0.3 is 0 Å². The van der Waals surface area contributed by atoms with Crippen LogP contribution in [0, 0.1) is 13.8 Å². The van der Waals surface area contributed by atoms with Crippen LogP contribution in [-0.2, 0) is 0 Å². The first kappa shape index (κ1) is 14.2. The van der Waals surface area contributed by atoms with E-state index in [0.717, 1.165) is 17.8 Å². The van der Waals surface area contributed by atoms with Crippen molar-refractivity contribution in [3.63, 3.8) is 0 Å². The van der Waals surface area contributed by atoms with E-state index in [9.17, 15) is 0 Å². The van der Waals surface area contributed by atoms with Gasteiger partial charge in [-0.15, -0.1) is 11.3 Å². The maximum absolute atomic E-state index is 4.65. The Balaban J connectivity index is 2.19. The minimum absolute atomic E-state index is 0.236. The number of nitrogens with one attached hydrogen (secondary N) is 1. The molecule has 2 heterocycles. The summed E-state index contributed by atoms with van der Waals surface area (Å²) in [6.07, 6.45) is 0. The van der Waals surface area contributed by atoms with Crippen LogP contribution in [0.1, 0.15) is 34.0 Å². The maximum atomic E-state index is 4.65. The number of hydrogen-bond acceptors (Lipinski definition) is 3. The zero-order valence-corrected chi connectivity index (χ0v) is 13.5. The quantitative estimate of drug-likeness (QED) is 0.760. The van der Waals surface area contributed by atoms with Gasteiger partial charge in [0, 0.05) is 20.8 Å². The molecule has 2 aromatic heterocycles. The molecule has 0 aliphatic heterocycles. The predicted octanol–water partition coefficient (Wildman–Crippen LogP) is 4.61. The number of aromatic nitrogens is 1. The van der Waals surface area contributed by atoms with E-state index >= 15 is 0 Å². The Morgan fingerprint density at radius 1 is 1.14 bits per heavy atom. The number of benzene rings is 1. The molecule has 0 spiro atoms. The fourth-order valence-electron chi connectivity index (χ4n) is 2.76. The third-order valence-electron chi connectivity index (χ3n) is 3.64. The zero-order chi connectivity index (χ0) is 14.8. The lowest BCUT2D eigenvalue weighted by Gasteiger charge is -2.19. The summed E-state index contributed by atoms with van der Waals surface area (Å²) >= 11 is 1.86. The second-order valence-corrected chi connectivity index (χ2v) is 6.63. The lowest BCUT2D eigenvalue weighted by molar-refractivity contribution is 0.642. The first-order valence-corrected chi connectivity index (χ1v) is 8.16. The van der Waals surface area contributed by atoms with Crippen LogP contribution in [0.2, 0.25) is 0 Å². The average Bonchev–Trinajstić information content (AvgIpc) is 2.90.